The SMILES string of the molecule is CC1=NC(c2ccccc2)(c2ccccc2)C(=O)N1C1CCN(CCc2ccc(F)cc2)CC1.O=C(O)C(F)(F)F. The summed E-state index contributed by atoms with van der Waals surface area (Å²) in [5.74, 6) is -2.11. The topological polar surface area (TPSA) is 73.2 Å². The first kappa shape index (κ1) is 29.9. The summed E-state index contributed by atoms with van der Waals surface area (Å²) in [6.07, 6.45) is -2.34. The third kappa shape index (κ3) is 6.82. The Morgan fingerprint density at radius 1 is 0.927 bits per heavy atom. The summed E-state index contributed by atoms with van der Waals surface area (Å²) in [7, 11) is 0. The molecule has 1 saturated heterocycles. The number of carboxylic acids is 1. The standard InChI is InChI=1S/C29H30FN3O.C2HF3O2/c1-22-31-29(24-8-4-2-5-9-24,25-10-6-3-7-11-25)28(34)33(22)27-17-20-32(21-18-27)19-16-23-12-14-26(30)15-13-23;3-2(4,5)1(6)7/h2-15,27H,16-21H2,1H3;(H,6,7). The van der Waals surface area contributed by atoms with Gasteiger partial charge in [0.1, 0.15) is 11.7 Å². The molecule has 2 heterocycles. The number of hydrogen-bond acceptors (Lipinski definition) is 4. The largest absolute Gasteiger partial charge is 0.490 e. The van der Waals surface area contributed by atoms with E-state index in [0.29, 0.717) is 0 Å². The first-order chi connectivity index (χ1) is 19.5. The Kier molecular flexibility index (Phi) is 9.22. The number of amidine groups is 1. The van der Waals surface area contributed by atoms with Crippen molar-refractivity contribution in [1.29, 1.82) is 0 Å². The Morgan fingerprint density at radius 3 is 1.88 bits per heavy atom. The van der Waals surface area contributed by atoms with E-state index in [9.17, 15) is 22.4 Å². The van der Waals surface area contributed by atoms with E-state index in [1.165, 1.54) is 12.1 Å². The van der Waals surface area contributed by atoms with E-state index in [2.05, 4.69) is 4.90 Å². The molecule has 1 amide bonds. The van der Waals surface area contributed by atoms with Crippen LogP contribution in [0, 0.1) is 5.82 Å². The van der Waals surface area contributed by atoms with Crippen molar-refractivity contribution in [3.8, 4) is 0 Å². The Balaban J connectivity index is 0.000000493. The molecule has 0 aliphatic carbocycles. The van der Waals surface area contributed by atoms with E-state index in [1.807, 2.05) is 84.6 Å². The van der Waals surface area contributed by atoms with Crippen molar-refractivity contribution in [3.63, 3.8) is 0 Å². The summed E-state index contributed by atoms with van der Waals surface area (Å²) in [6.45, 7) is 4.78. The highest BCUT2D eigenvalue weighted by molar-refractivity contribution is 6.10. The third-order valence-electron chi connectivity index (χ3n) is 7.38. The molecule has 1 N–H and O–H groups in total. The zero-order chi connectivity index (χ0) is 29.6. The highest BCUT2D eigenvalue weighted by Gasteiger charge is 2.51. The molecule has 3 aromatic rings. The van der Waals surface area contributed by atoms with E-state index < -0.39 is 17.7 Å². The average molecular weight is 570 g/mol. The lowest BCUT2D eigenvalue weighted by Crippen LogP contribution is -2.50. The number of carbonyl (C=O) groups excluding carboxylic acids is 1. The number of benzene rings is 3. The summed E-state index contributed by atoms with van der Waals surface area (Å²) in [6, 6.07) is 26.8. The lowest BCUT2D eigenvalue weighted by Gasteiger charge is -2.38. The molecule has 0 unspecified atom stereocenters. The molecule has 1 fully saturated rings. The van der Waals surface area contributed by atoms with Crippen molar-refractivity contribution in [2.45, 2.75) is 43.9 Å². The maximum atomic E-state index is 14.1. The maximum Gasteiger partial charge on any atom is 0.490 e. The van der Waals surface area contributed by atoms with Crippen LogP contribution in [0.2, 0.25) is 0 Å². The molecule has 0 radical (unpaired) electrons. The van der Waals surface area contributed by atoms with E-state index in [1.54, 1.807) is 0 Å². The van der Waals surface area contributed by atoms with Gasteiger partial charge in [-0.3, -0.25) is 9.69 Å². The number of halogens is 4. The number of carboxylic acid groups (broad SMARTS) is 1. The highest BCUT2D eigenvalue weighted by Crippen LogP contribution is 2.41. The van der Waals surface area contributed by atoms with Crippen LogP contribution < -0.4 is 0 Å². The number of alkyl halides is 3. The Labute approximate surface area is 235 Å². The molecule has 2 aliphatic heterocycles. The molecule has 216 valence electrons. The molecule has 0 spiro atoms. The molecule has 3 aromatic carbocycles. The van der Waals surface area contributed by atoms with Crippen LogP contribution in [0.1, 0.15) is 36.5 Å². The minimum atomic E-state index is -5.08. The number of carbonyl (C=O) groups is 2. The predicted octanol–water partition coefficient (Wildman–Crippen LogP) is 5.67. The molecule has 0 bridgehead atoms. The molecule has 5 rings (SSSR count). The van der Waals surface area contributed by atoms with Gasteiger partial charge in [-0.05, 0) is 55.0 Å². The van der Waals surface area contributed by atoms with Crippen molar-refractivity contribution in [1.82, 2.24) is 9.80 Å². The van der Waals surface area contributed by atoms with Crippen LogP contribution >= 0.6 is 0 Å². The van der Waals surface area contributed by atoms with Crippen LogP contribution in [0.4, 0.5) is 17.6 Å². The fourth-order valence-electron chi connectivity index (χ4n) is 5.34. The van der Waals surface area contributed by atoms with Gasteiger partial charge in [0.2, 0.25) is 0 Å². The quantitative estimate of drug-likeness (QED) is 0.389. The molecule has 41 heavy (non-hydrogen) atoms. The van der Waals surface area contributed by atoms with Crippen molar-refractivity contribution in [3.05, 3.63) is 107 Å². The van der Waals surface area contributed by atoms with Gasteiger partial charge in [-0.1, -0.05) is 72.8 Å². The van der Waals surface area contributed by atoms with Crippen molar-refractivity contribution >= 4 is 17.7 Å². The van der Waals surface area contributed by atoms with E-state index in [4.69, 9.17) is 14.9 Å². The van der Waals surface area contributed by atoms with Crippen molar-refractivity contribution in [2.24, 2.45) is 4.99 Å². The van der Waals surface area contributed by atoms with Crippen LogP contribution in [-0.2, 0) is 21.5 Å². The zero-order valence-corrected chi connectivity index (χ0v) is 22.5. The van der Waals surface area contributed by atoms with Gasteiger partial charge >= 0.3 is 12.1 Å². The van der Waals surface area contributed by atoms with E-state index in [0.717, 1.165) is 61.4 Å². The molecule has 0 saturated carbocycles. The van der Waals surface area contributed by atoms with Crippen LogP contribution in [0.3, 0.4) is 0 Å². The Hall–Kier alpha value is -4.05. The van der Waals surface area contributed by atoms with E-state index >= 15 is 0 Å². The molecular weight excluding hydrogens is 538 g/mol. The molecule has 10 heteroatoms. The highest BCUT2D eigenvalue weighted by atomic mass is 19.4. The summed E-state index contributed by atoms with van der Waals surface area (Å²) in [5, 5.41) is 7.12. The second-order valence-corrected chi connectivity index (χ2v) is 10.0. The summed E-state index contributed by atoms with van der Waals surface area (Å²) >= 11 is 0. The minimum Gasteiger partial charge on any atom is -0.475 e. The Bertz CT molecular complexity index is 1320. The molecule has 2 aliphatic rings. The minimum absolute atomic E-state index is 0.0483. The number of nitrogens with zero attached hydrogens (tertiary/aromatic N) is 3. The first-order valence-electron chi connectivity index (χ1n) is 13.3. The fourth-order valence-corrected chi connectivity index (χ4v) is 5.34. The van der Waals surface area contributed by atoms with Gasteiger partial charge < -0.3 is 10.0 Å². The molecule has 0 atom stereocenters. The van der Waals surface area contributed by atoms with Gasteiger partial charge in [-0.2, -0.15) is 13.2 Å². The monoisotopic (exact) mass is 569 g/mol. The lowest BCUT2D eigenvalue weighted by atomic mass is 9.82. The van der Waals surface area contributed by atoms with E-state index in [-0.39, 0.29) is 17.8 Å². The third-order valence-corrected chi connectivity index (χ3v) is 7.38. The van der Waals surface area contributed by atoms with Gasteiger partial charge in [-0.25, -0.2) is 14.2 Å². The second kappa shape index (κ2) is 12.6. The Morgan fingerprint density at radius 2 is 1.41 bits per heavy atom. The van der Waals surface area contributed by atoms with Gasteiger partial charge in [-0.15, -0.1) is 0 Å². The molecular formula is C31H31F4N3O3. The number of piperidine rings is 1. The smallest absolute Gasteiger partial charge is 0.475 e. The molecule has 0 aromatic heterocycles. The van der Waals surface area contributed by atoms with Crippen LogP contribution in [0.5, 0.6) is 0 Å². The average Bonchev–Trinajstić information content (AvgIpc) is 3.24. The van der Waals surface area contributed by atoms with Gasteiger partial charge in [0.15, 0.2) is 5.54 Å². The normalized spacial score (nSPS) is 17.5. The number of likely N-dealkylation sites (tertiary alicyclic amines) is 1. The zero-order valence-electron chi connectivity index (χ0n) is 22.5. The number of aliphatic carboxylic acids is 1. The lowest BCUT2D eigenvalue weighted by molar-refractivity contribution is -0.192. The molecule has 6 nitrogen and oxygen atoms in total. The first-order valence-corrected chi connectivity index (χ1v) is 13.3. The van der Waals surface area contributed by atoms with Crippen molar-refractivity contribution < 1.29 is 32.3 Å². The van der Waals surface area contributed by atoms with Gasteiger partial charge in [0, 0.05) is 25.7 Å². The summed E-state index contributed by atoms with van der Waals surface area (Å²) < 4.78 is 44.9. The number of hydrogen-bond donors (Lipinski definition) is 1. The second-order valence-electron chi connectivity index (χ2n) is 10.0. The van der Waals surface area contributed by atoms with Gasteiger partial charge in [0.05, 0.1) is 0 Å². The van der Waals surface area contributed by atoms with Crippen LogP contribution in [0.25, 0.3) is 0 Å². The predicted molar refractivity (Wildman–Crippen MR) is 147 cm³/mol. The van der Waals surface area contributed by atoms with Crippen molar-refractivity contribution in [2.75, 3.05) is 19.6 Å². The summed E-state index contributed by atoms with van der Waals surface area (Å²) in [5.41, 5.74) is 1.94. The van der Waals surface area contributed by atoms with Crippen LogP contribution in [-0.4, -0.2) is 64.5 Å². The number of aliphatic imine (C=N–C) groups is 1. The maximum absolute atomic E-state index is 14.1. The van der Waals surface area contributed by atoms with Gasteiger partial charge in [0.25, 0.3) is 5.91 Å². The van der Waals surface area contributed by atoms with Crippen LogP contribution in [0.15, 0.2) is 89.9 Å². The summed E-state index contributed by atoms with van der Waals surface area (Å²) in [4.78, 5) is 32.5. The number of rotatable bonds is 6. The number of amides is 1. The fraction of sp³-hybridized carbons (Fsp3) is 0.323.